The summed E-state index contributed by atoms with van der Waals surface area (Å²) in [7, 11) is 0. The number of aromatic nitrogens is 2. The minimum atomic E-state index is -1.21. The van der Waals surface area contributed by atoms with Crippen LogP contribution in [0, 0.1) is 0 Å². The van der Waals surface area contributed by atoms with Gasteiger partial charge >= 0.3 is 12.0 Å². The van der Waals surface area contributed by atoms with Gasteiger partial charge in [-0.25, -0.2) is 4.79 Å². The zero-order valence-corrected chi connectivity index (χ0v) is 15.1. The SMILES string of the molecule is CC(C)Oc1cc(OC(C)C)nc(Oc2cccc(Cl)c2C(=O)O)n1. The third-order valence-corrected chi connectivity index (χ3v) is 3.08. The monoisotopic (exact) mass is 366 g/mol. The van der Waals surface area contributed by atoms with Gasteiger partial charge < -0.3 is 19.3 Å². The van der Waals surface area contributed by atoms with Gasteiger partial charge in [0.25, 0.3) is 0 Å². The third-order valence-electron chi connectivity index (χ3n) is 2.76. The fraction of sp³-hybridized carbons (Fsp3) is 0.353. The van der Waals surface area contributed by atoms with Crippen LogP contribution in [-0.2, 0) is 0 Å². The minimum Gasteiger partial charge on any atom is -0.478 e. The largest absolute Gasteiger partial charge is 0.478 e. The van der Waals surface area contributed by atoms with E-state index in [0.29, 0.717) is 0 Å². The van der Waals surface area contributed by atoms with Crippen molar-refractivity contribution in [2.24, 2.45) is 0 Å². The maximum Gasteiger partial charge on any atom is 0.341 e. The number of nitrogens with zero attached hydrogens (tertiary/aromatic N) is 2. The minimum absolute atomic E-state index is 0.0252. The Hall–Kier alpha value is -2.54. The maximum atomic E-state index is 11.4. The van der Waals surface area contributed by atoms with E-state index in [-0.39, 0.29) is 46.3 Å². The summed E-state index contributed by atoms with van der Waals surface area (Å²) in [4.78, 5) is 19.7. The predicted octanol–water partition coefficient (Wildman–Crippen LogP) is 4.19. The Balaban J connectivity index is 2.41. The average Bonchev–Trinajstić information content (AvgIpc) is 2.44. The molecule has 0 aliphatic heterocycles. The van der Waals surface area contributed by atoms with E-state index in [9.17, 15) is 9.90 Å². The van der Waals surface area contributed by atoms with Crippen molar-refractivity contribution in [1.29, 1.82) is 0 Å². The molecular formula is C17H19ClN2O5. The van der Waals surface area contributed by atoms with Gasteiger partial charge in [-0.15, -0.1) is 0 Å². The number of hydrogen-bond donors (Lipinski definition) is 1. The quantitative estimate of drug-likeness (QED) is 0.785. The second kappa shape index (κ2) is 8.02. The van der Waals surface area contributed by atoms with Crippen LogP contribution in [0.2, 0.25) is 5.02 Å². The highest BCUT2D eigenvalue weighted by molar-refractivity contribution is 6.33. The fourth-order valence-corrected chi connectivity index (χ4v) is 2.18. The number of ether oxygens (including phenoxy) is 3. The van der Waals surface area contributed by atoms with E-state index in [0.717, 1.165) is 0 Å². The van der Waals surface area contributed by atoms with E-state index < -0.39 is 5.97 Å². The van der Waals surface area contributed by atoms with Crippen LogP contribution in [-0.4, -0.2) is 33.3 Å². The van der Waals surface area contributed by atoms with Crippen LogP contribution in [0.15, 0.2) is 24.3 Å². The van der Waals surface area contributed by atoms with Crippen molar-refractivity contribution in [3.8, 4) is 23.5 Å². The molecule has 0 aliphatic rings. The van der Waals surface area contributed by atoms with Crippen molar-refractivity contribution in [2.45, 2.75) is 39.9 Å². The Morgan fingerprint density at radius 3 is 2.12 bits per heavy atom. The molecule has 25 heavy (non-hydrogen) atoms. The van der Waals surface area contributed by atoms with E-state index in [1.54, 1.807) is 12.1 Å². The van der Waals surface area contributed by atoms with E-state index in [1.807, 2.05) is 27.7 Å². The zero-order chi connectivity index (χ0) is 18.6. The Bertz CT molecular complexity index is 736. The van der Waals surface area contributed by atoms with E-state index in [1.165, 1.54) is 12.1 Å². The molecule has 0 amide bonds. The molecule has 1 aromatic heterocycles. The number of hydrogen-bond acceptors (Lipinski definition) is 6. The molecule has 0 saturated carbocycles. The first kappa shape index (κ1) is 18.8. The first-order chi connectivity index (χ1) is 11.8. The molecule has 0 bridgehead atoms. The summed E-state index contributed by atoms with van der Waals surface area (Å²) in [6.45, 7) is 7.41. The predicted molar refractivity (Wildman–Crippen MR) is 92.0 cm³/mol. The van der Waals surface area contributed by atoms with Crippen LogP contribution in [0.3, 0.4) is 0 Å². The lowest BCUT2D eigenvalue weighted by Gasteiger charge is -2.14. The Morgan fingerprint density at radius 1 is 1.08 bits per heavy atom. The summed E-state index contributed by atoms with van der Waals surface area (Å²) in [6.07, 6.45) is -0.231. The van der Waals surface area contributed by atoms with Gasteiger partial charge in [0.05, 0.1) is 23.3 Å². The first-order valence-corrected chi connectivity index (χ1v) is 8.06. The molecule has 0 radical (unpaired) electrons. The number of halogens is 1. The highest BCUT2D eigenvalue weighted by Crippen LogP contribution is 2.31. The lowest BCUT2D eigenvalue weighted by Crippen LogP contribution is -2.11. The number of carboxylic acid groups (broad SMARTS) is 1. The summed E-state index contributed by atoms with van der Waals surface area (Å²) < 4.78 is 16.7. The van der Waals surface area contributed by atoms with Crippen LogP contribution in [0.5, 0.6) is 23.5 Å². The number of aromatic carboxylic acids is 1. The summed E-state index contributed by atoms with van der Waals surface area (Å²) >= 11 is 5.94. The molecule has 134 valence electrons. The molecule has 2 aromatic rings. The summed E-state index contributed by atoms with van der Waals surface area (Å²) in [5.41, 5.74) is -0.172. The lowest BCUT2D eigenvalue weighted by molar-refractivity contribution is 0.0694. The van der Waals surface area contributed by atoms with Crippen LogP contribution < -0.4 is 14.2 Å². The summed E-state index contributed by atoms with van der Waals surface area (Å²) in [6, 6.07) is 5.95. The topological polar surface area (TPSA) is 90.8 Å². The van der Waals surface area contributed by atoms with Gasteiger partial charge in [0, 0.05) is 0 Å². The first-order valence-electron chi connectivity index (χ1n) is 7.68. The van der Waals surface area contributed by atoms with Gasteiger partial charge in [0.2, 0.25) is 11.8 Å². The lowest BCUT2D eigenvalue weighted by atomic mass is 10.2. The van der Waals surface area contributed by atoms with Gasteiger partial charge in [0.1, 0.15) is 11.3 Å². The van der Waals surface area contributed by atoms with Crippen LogP contribution in [0.1, 0.15) is 38.1 Å². The van der Waals surface area contributed by atoms with Crippen molar-refractivity contribution in [3.05, 3.63) is 34.9 Å². The zero-order valence-electron chi connectivity index (χ0n) is 14.3. The molecule has 1 aromatic carbocycles. The second-order valence-corrected chi connectivity index (χ2v) is 6.09. The van der Waals surface area contributed by atoms with Gasteiger partial charge in [-0.2, -0.15) is 9.97 Å². The normalized spacial score (nSPS) is 10.8. The summed E-state index contributed by atoms with van der Waals surface area (Å²) in [5, 5.41) is 9.37. The van der Waals surface area contributed by atoms with Crippen LogP contribution >= 0.6 is 11.6 Å². The Labute approximate surface area is 150 Å². The van der Waals surface area contributed by atoms with Crippen molar-refractivity contribution in [2.75, 3.05) is 0 Å². The highest BCUT2D eigenvalue weighted by atomic mass is 35.5. The standard InChI is InChI=1S/C17H19ClN2O5/c1-9(2)23-13-8-14(24-10(3)4)20-17(19-13)25-12-7-5-6-11(18)15(12)16(21)22/h5-10H,1-4H3,(H,21,22). The molecule has 0 unspecified atom stereocenters. The summed E-state index contributed by atoms with van der Waals surface area (Å²) in [5.74, 6) is -0.671. The maximum absolute atomic E-state index is 11.4. The van der Waals surface area contributed by atoms with Crippen molar-refractivity contribution in [1.82, 2.24) is 9.97 Å². The molecule has 0 fully saturated rings. The Kier molecular flexibility index (Phi) is 6.03. The molecule has 2 rings (SSSR count). The van der Waals surface area contributed by atoms with Gasteiger partial charge in [0.15, 0.2) is 0 Å². The molecule has 1 N–H and O–H groups in total. The van der Waals surface area contributed by atoms with Gasteiger partial charge in [-0.3, -0.25) is 0 Å². The second-order valence-electron chi connectivity index (χ2n) is 5.68. The van der Waals surface area contributed by atoms with Gasteiger partial charge in [-0.1, -0.05) is 17.7 Å². The number of carbonyl (C=O) groups is 1. The number of benzene rings is 1. The molecule has 0 atom stereocenters. The van der Waals surface area contributed by atoms with Crippen molar-refractivity contribution >= 4 is 17.6 Å². The van der Waals surface area contributed by atoms with Gasteiger partial charge in [-0.05, 0) is 39.8 Å². The smallest absolute Gasteiger partial charge is 0.341 e. The van der Waals surface area contributed by atoms with Crippen molar-refractivity contribution in [3.63, 3.8) is 0 Å². The average molecular weight is 367 g/mol. The molecule has 7 nitrogen and oxygen atoms in total. The molecule has 0 saturated heterocycles. The Morgan fingerprint density at radius 2 is 1.64 bits per heavy atom. The molecule has 1 heterocycles. The van der Waals surface area contributed by atoms with Crippen molar-refractivity contribution < 1.29 is 24.1 Å². The molecule has 0 spiro atoms. The number of carboxylic acids is 1. The van der Waals surface area contributed by atoms with E-state index in [2.05, 4.69) is 9.97 Å². The fourth-order valence-electron chi connectivity index (χ4n) is 1.93. The third kappa shape index (κ3) is 5.22. The van der Waals surface area contributed by atoms with E-state index in [4.69, 9.17) is 25.8 Å². The number of rotatable bonds is 7. The molecule has 8 heteroatoms. The van der Waals surface area contributed by atoms with Crippen LogP contribution in [0.25, 0.3) is 0 Å². The van der Waals surface area contributed by atoms with Crippen LogP contribution in [0.4, 0.5) is 0 Å². The highest BCUT2D eigenvalue weighted by Gasteiger charge is 2.18. The molecule has 0 aliphatic carbocycles. The molecular weight excluding hydrogens is 348 g/mol. The van der Waals surface area contributed by atoms with E-state index >= 15 is 0 Å².